The van der Waals surface area contributed by atoms with Crippen LogP contribution < -0.4 is 5.32 Å². The van der Waals surface area contributed by atoms with Crippen LogP contribution in [0.3, 0.4) is 0 Å². The largest absolute Gasteiger partial charge is 0.343 e. The lowest BCUT2D eigenvalue weighted by atomic mass is 10.1. The molecule has 1 aromatic carbocycles. The zero-order valence-corrected chi connectivity index (χ0v) is 15.3. The van der Waals surface area contributed by atoms with Gasteiger partial charge in [-0.1, -0.05) is 30.0 Å². The van der Waals surface area contributed by atoms with Gasteiger partial charge < -0.3 is 14.8 Å². The summed E-state index contributed by atoms with van der Waals surface area (Å²) < 4.78 is 2.26. The fourth-order valence-electron chi connectivity index (χ4n) is 3.33. The molecular weight excluding hydrogens is 330 g/mol. The third-order valence-electron chi connectivity index (χ3n) is 4.67. The highest BCUT2D eigenvalue weighted by Gasteiger charge is 2.16. The van der Waals surface area contributed by atoms with E-state index in [0.717, 1.165) is 60.9 Å². The Morgan fingerprint density at radius 3 is 2.76 bits per heavy atom. The maximum absolute atomic E-state index is 4.90. The first-order valence-electron chi connectivity index (χ1n) is 9.19. The number of hydrogen-bond donors (Lipinski definition) is 1. The van der Waals surface area contributed by atoms with Crippen LogP contribution in [0.4, 0.5) is 5.69 Å². The van der Waals surface area contributed by atoms with Gasteiger partial charge in [0.1, 0.15) is 0 Å². The van der Waals surface area contributed by atoms with Crippen LogP contribution in [0.2, 0.25) is 0 Å². The van der Waals surface area contributed by atoms with E-state index < -0.39 is 0 Å². The molecule has 132 valence electrons. The Labute approximate surface area is 153 Å². The van der Waals surface area contributed by atoms with E-state index in [1.54, 1.807) is 0 Å². The lowest BCUT2D eigenvalue weighted by molar-refractivity contribution is 0.340. The first kappa shape index (κ1) is 16.5. The van der Waals surface area contributed by atoms with E-state index in [2.05, 4.69) is 45.2 Å². The number of guanidine groups is 1. The minimum atomic E-state index is 0.771. The number of nitrogens with zero attached hydrogens (tertiary/aromatic N) is 4. The molecule has 0 spiro atoms. The first-order valence-corrected chi connectivity index (χ1v) is 10.2. The second-order valence-electron chi connectivity index (χ2n) is 6.55. The number of fused-ring (bicyclic) bond motifs is 1. The molecule has 0 aliphatic carbocycles. The molecule has 2 aliphatic rings. The Morgan fingerprint density at radius 2 is 1.96 bits per heavy atom. The zero-order valence-electron chi connectivity index (χ0n) is 14.5. The summed E-state index contributed by atoms with van der Waals surface area (Å²) in [5.41, 5.74) is 2.26. The van der Waals surface area contributed by atoms with Crippen molar-refractivity contribution in [3.05, 3.63) is 42.2 Å². The first-order chi connectivity index (χ1) is 12.4. The average molecular weight is 356 g/mol. The summed E-state index contributed by atoms with van der Waals surface area (Å²) in [5.74, 6) is 2.16. The highest BCUT2D eigenvalue weighted by atomic mass is 32.2. The van der Waals surface area contributed by atoms with Gasteiger partial charge in [-0.25, -0.2) is 4.98 Å². The van der Waals surface area contributed by atoms with Crippen LogP contribution in [0.5, 0.6) is 0 Å². The van der Waals surface area contributed by atoms with Gasteiger partial charge in [-0.3, -0.25) is 4.99 Å². The zero-order chi connectivity index (χ0) is 16.9. The Hall–Kier alpha value is -1.95. The SMILES string of the molecule is c1ccc(NC(=NCCc2cn3c(n2)SCC3)N2CCCCC2)cc1. The molecule has 3 heterocycles. The lowest BCUT2D eigenvalue weighted by Gasteiger charge is -2.30. The van der Waals surface area contributed by atoms with Crippen molar-refractivity contribution in [3.63, 3.8) is 0 Å². The molecule has 0 unspecified atom stereocenters. The normalized spacial score (nSPS) is 17.6. The Morgan fingerprint density at radius 1 is 1.12 bits per heavy atom. The van der Waals surface area contributed by atoms with Crippen LogP contribution in [-0.2, 0) is 13.0 Å². The van der Waals surface area contributed by atoms with Crippen LogP contribution in [0.1, 0.15) is 25.0 Å². The minimum Gasteiger partial charge on any atom is -0.343 e. The number of imidazole rings is 1. The average Bonchev–Trinajstić information content (AvgIpc) is 3.24. The molecule has 0 saturated carbocycles. The molecule has 0 atom stereocenters. The second-order valence-corrected chi connectivity index (χ2v) is 7.61. The Balaban J connectivity index is 1.43. The van der Waals surface area contributed by atoms with Gasteiger partial charge in [-0.2, -0.15) is 0 Å². The molecule has 2 aliphatic heterocycles. The second kappa shape index (κ2) is 7.95. The van der Waals surface area contributed by atoms with Crippen LogP contribution in [0, 0.1) is 0 Å². The summed E-state index contributed by atoms with van der Waals surface area (Å²) in [7, 11) is 0. The molecule has 0 radical (unpaired) electrons. The highest BCUT2D eigenvalue weighted by molar-refractivity contribution is 7.99. The molecule has 6 heteroatoms. The number of nitrogens with one attached hydrogen (secondary N) is 1. The predicted molar refractivity (Wildman–Crippen MR) is 104 cm³/mol. The third kappa shape index (κ3) is 4.18. The van der Waals surface area contributed by atoms with Crippen molar-refractivity contribution in [1.29, 1.82) is 0 Å². The van der Waals surface area contributed by atoms with E-state index in [4.69, 9.17) is 9.98 Å². The fourth-order valence-corrected chi connectivity index (χ4v) is 4.30. The summed E-state index contributed by atoms with van der Waals surface area (Å²) in [6.07, 6.45) is 6.92. The molecule has 1 aromatic heterocycles. The van der Waals surface area contributed by atoms with E-state index >= 15 is 0 Å². The molecule has 4 rings (SSSR count). The third-order valence-corrected chi connectivity index (χ3v) is 5.64. The summed E-state index contributed by atoms with van der Waals surface area (Å²) in [6.45, 7) is 4.04. The van der Waals surface area contributed by atoms with E-state index in [0.29, 0.717) is 0 Å². The number of piperidine rings is 1. The summed E-state index contributed by atoms with van der Waals surface area (Å²) >= 11 is 1.85. The number of hydrogen-bond acceptors (Lipinski definition) is 3. The van der Waals surface area contributed by atoms with E-state index in [1.807, 2.05) is 17.8 Å². The number of benzene rings is 1. The molecule has 0 bridgehead atoms. The maximum Gasteiger partial charge on any atom is 0.198 e. The topological polar surface area (TPSA) is 45.5 Å². The molecular formula is C19H25N5S. The fraction of sp³-hybridized carbons (Fsp3) is 0.474. The quantitative estimate of drug-likeness (QED) is 0.674. The smallest absolute Gasteiger partial charge is 0.198 e. The van der Waals surface area contributed by atoms with E-state index in [-0.39, 0.29) is 0 Å². The van der Waals surface area contributed by atoms with Crippen molar-refractivity contribution < 1.29 is 0 Å². The van der Waals surface area contributed by atoms with Gasteiger partial charge >= 0.3 is 0 Å². The number of para-hydroxylation sites is 1. The van der Waals surface area contributed by atoms with Crippen molar-refractivity contribution in [2.45, 2.75) is 37.4 Å². The number of thioether (sulfide) groups is 1. The van der Waals surface area contributed by atoms with Crippen molar-refractivity contribution in [1.82, 2.24) is 14.5 Å². The molecule has 0 amide bonds. The number of aliphatic imine (C=N–C) groups is 1. The van der Waals surface area contributed by atoms with Gasteiger partial charge in [-0.05, 0) is 31.4 Å². The van der Waals surface area contributed by atoms with Gasteiger partial charge in [0.2, 0.25) is 0 Å². The standard InChI is InChI=1S/C19H25N5S/c1-3-7-16(8-4-1)21-18(23-11-5-2-6-12-23)20-10-9-17-15-24-13-14-25-19(24)22-17/h1,3-4,7-8,15H,2,5-6,9-14H2,(H,20,21). The lowest BCUT2D eigenvalue weighted by Crippen LogP contribution is -2.40. The minimum absolute atomic E-state index is 0.771. The van der Waals surface area contributed by atoms with Crippen molar-refractivity contribution in [2.24, 2.45) is 4.99 Å². The van der Waals surface area contributed by atoms with Crippen LogP contribution >= 0.6 is 11.8 Å². The number of aryl methyl sites for hydroxylation is 1. The Bertz CT molecular complexity index is 697. The van der Waals surface area contributed by atoms with Crippen LogP contribution in [-0.4, -0.2) is 45.8 Å². The van der Waals surface area contributed by atoms with Gasteiger partial charge in [0.15, 0.2) is 11.1 Å². The molecule has 1 N–H and O–H groups in total. The molecule has 1 fully saturated rings. The van der Waals surface area contributed by atoms with Crippen LogP contribution in [0.25, 0.3) is 0 Å². The van der Waals surface area contributed by atoms with Gasteiger partial charge in [0.25, 0.3) is 0 Å². The maximum atomic E-state index is 4.90. The van der Waals surface area contributed by atoms with Crippen molar-refractivity contribution in [2.75, 3.05) is 30.7 Å². The number of anilines is 1. The highest BCUT2D eigenvalue weighted by Crippen LogP contribution is 2.24. The summed E-state index contributed by atoms with van der Waals surface area (Å²) in [4.78, 5) is 12.0. The Kier molecular flexibility index (Phi) is 5.25. The van der Waals surface area contributed by atoms with E-state index in [1.165, 1.54) is 19.3 Å². The van der Waals surface area contributed by atoms with Crippen molar-refractivity contribution >= 4 is 23.4 Å². The monoisotopic (exact) mass is 355 g/mol. The molecule has 5 nitrogen and oxygen atoms in total. The molecule has 25 heavy (non-hydrogen) atoms. The number of likely N-dealkylation sites (tertiary alicyclic amines) is 1. The van der Waals surface area contributed by atoms with Gasteiger partial charge in [0.05, 0.1) is 5.69 Å². The molecule has 1 saturated heterocycles. The molecule has 2 aromatic rings. The van der Waals surface area contributed by atoms with Crippen LogP contribution in [0.15, 0.2) is 46.7 Å². The summed E-state index contributed by atoms with van der Waals surface area (Å²) in [5, 5.41) is 4.68. The van der Waals surface area contributed by atoms with Gasteiger partial charge in [-0.15, -0.1) is 0 Å². The summed E-state index contributed by atoms with van der Waals surface area (Å²) in [6, 6.07) is 10.3. The van der Waals surface area contributed by atoms with Gasteiger partial charge in [0, 0.05) is 50.2 Å². The van der Waals surface area contributed by atoms with E-state index in [9.17, 15) is 0 Å². The number of aromatic nitrogens is 2. The number of rotatable bonds is 4. The van der Waals surface area contributed by atoms with Crippen molar-refractivity contribution in [3.8, 4) is 0 Å². The predicted octanol–water partition coefficient (Wildman–Crippen LogP) is 3.49.